The van der Waals surface area contributed by atoms with E-state index in [1.54, 1.807) is 12.4 Å². The summed E-state index contributed by atoms with van der Waals surface area (Å²) >= 11 is 0. The number of H-pyrrole nitrogens is 1. The number of likely N-dealkylation sites (N-methyl/N-ethyl adjacent to an activating group) is 1. The number of nitrogens with zero attached hydrogens (tertiary/aromatic N) is 8. The standard InChI is InChI=1S/C22H27N9/c1-28-8-10-30(11-9-28)16-3-6-29(7-4-16)17-12-24-22-19(13-26-31(22)15-17)18-2-5-23-20-14-25-27-21(18)20/h2,5,12-16H,3-4,6-11H2,1H3,(H,25,27). The quantitative estimate of drug-likeness (QED) is 0.545. The molecule has 0 aromatic carbocycles. The molecule has 0 bridgehead atoms. The van der Waals surface area contributed by atoms with Gasteiger partial charge in [0.1, 0.15) is 5.52 Å². The van der Waals surface area contributed by atoms with Gasteiger partial charge in [-0.15, -0.1) is 0 Å². The van der Waals surface area contributed by atoms with Crippen LogP contribution in [-0.4, -0.2) is 91.9 Å². The number of anilines is 1. The van der Waals surface area contributed by atoms with Gasteiger partial charge in [-0.05, 0) is 26.0 Å². The number of hydrogen-bond donors (Lipinski definition) is 1. The SMILES string of the molecule is CN1CCN(C2CCN(c3cnc4c(-c5ccnc6cn[nH]c56)cnn4c3)CC2)CC1. The summed E-state index contributed by atoms with van der Waals surface area (Å²) in [5.41, 5.74) is 5.74. The lowest BCUT2D eigenvalue weighted by Gasteiger charge is -2.42. The molecule has 6 heterocycles. The normalized spacial score (nSPS) is 19.6. The zero-order valence-corrected chi connectivity index (χ0v) is 17.8. The van der Waals surface area contributed by atoms with E-state index in [2.05, 4.69) is 48.2 Å². The Labute approximate surface area is 180 Å². The highest BCUT2D eigenvalue weighted by Crippen LogP contribution is 2.30. The Hall–Kier alpha value is -3.04. The van der Waals surface area contributed by atoms with Crippen LogP contribution in [0.15, 0.2) is 37.1 Å². The van der Waals surface area contributed by atoms with E-state index in [9.17, 15) is 0 Å². The highest BCUT2D eigenvalue weighted by molar-refractivity contribution is 5.94. The minimum atomic E-state index is 0.710. The average molecular weight is 418 g/mol. The maximum Gasteiger partial charge on any atom is 0.163 e. The Balaban J connectivity index is 1.21. The number of pyridine rings is 1. The van der Waals surface area contributed by atoms with Gasteiger partial charge in [-0.25, -0.2) is 9.50 Å². The van der Waals surface area contributed by atoms with Crippen LogP contribution in [0.4, 0.5) is 5.69 Å². The number of aromatic nitrogens is 6. The smallest absolute Gasteiger partial charge is 0.163 e. The summed E-state index contributed by atoms with van der Waals surface area (Å²) in [6.45, 7) is 6.90. The van der Waals surface area contributed by atoms with E-state index in [1.807, 2.05) is 23.0 Å². The highest BCUT2D eigenvalue weighted by atomic mass is 15.3. The van der Waals surface area contributed by atoms with E-state index in [0.717, 1.165) is 46.6 Å². The molecule has 2 aliphatic heterocycles. The molecule has 0 spiro atoms. The second kappa shape index (κ2) is 7.58. The van der Waals surface area contributed by atoms with Crippen molar-refractivity contribution in [1.82, 2.24) is 39.6 Å². The van der Waals surface area contributed by atoms with Crippen molar-refractivity contribution in [3.8, 4) is 11.1 Å². The monoisotopic (exact) mass is 417 g/mol. The molecule has 0 atom stereocenters. The predicted octanol–water partition coefficient (Wildman–Crippen LogP) is 1.88. The molecule has 0 saturated carbocycles. The predicted molar refractivity (Wildman–Crippen MR) is 120 cm³/mol. The maximum atomic E-state index is 4.79. The zero-order chi connectivity index (χ0) is 20.8. The summed E-state index contributed by atoms with van der Waals surface area (Å²) in [7, 11) is 2.22. The molecule has 4 aromatic heterocycles. The highest BCUT2D eigenvalue weighted by Gasteiger charge is 2.27. The summed E-state index contributed by atoms with van der Waals surface area (Å²) in [6.07, 6.45) is 11.9. The number of nitrogens with one attached hydrogen (secondary N) is 1. The van der Waals surface area contributed by atoms with E-state index in [1.165, 1.54) is 39.0 Å². The number of piperidine rings is 1. The van der Waals surface area contributed by atoms with Crippen molar-refractivity contribution in [3.05, 3.63) is 37.1 Å². The lowest BCUT2D eigenvalue weighted by atomic mass is 10.0. The van der Waals surface area contributed by atoms with Gasteiger partial charge < -0.3 is 9.80 Å². The number of rotatable bonds is 3. The third-order valence-corrected chi connectivity index (χ3v) is 6.86. The third-order valence-electron chi connectivity index (χ3n) is 6.86. The molecule has 0 unspecified atom stereocenters. The van der Waals surface area contributed by atoms with Gasteiger partial charge in [-0.1, -0.05) is 0 Å². The van der Waals surface area contributed by atoms with Crippen LogP contribution in [0, 0.1) is 0 Å². The van der Waals surface area contributed by atoms with Crippen molar-refractivity contribution >= 4 is 22.4 Å². The Bertz CT molecular complexity index is 1200. The fraction of sp³-hybridized carbons (Fsp3) is 0.455. The van der Waals surface area contributed by atoms with Crippen molar-refractivity contribution in [2.24, 2.45) is 0 Å². The molecule has 31 heavy (non-hydrogen) atoms. The lowest BCUT2D eigenvalue weighted by molar-refractivity contribution is 0.0982. The van der Waals surface area contributed by atoms with Crippen LogP contribution in [0.5, 0.6) is 0 Å². The molecular weight excluding hydrogens is 390 g/mol. The molecule has 0 radical (unpaired) electrons. The van der Waals surface area contributed by atoms with Gasteiger partial charge in [0.05, 0.1) is 36.0 Å². The Kier molecular flexibility index (Phi) is 4.57. The molecule has 0 amide bonds. The van der Waals surface area contributed by atoms with Crippen molar-refractivity contribution in [2.45, 2.75) is 18.9 Å². The van der Waals surface area contributed by atoms with Gasteiger partial charge in [0.2, 0.25) is 0 Å². The maximum absolute atomic E-state index is 4.79. The van der Waals surface area contributed by atoms with E-state index < -0.39 is 0 Å². The van der Waals surface area contributed by atoms with Crippen LogP contribution < -0.4 is 4.90 Å². The largest absolute Gasteiger partial charge is 0.369 e. The lowest BCUT2D eigenvalue weighted by Crippen LogP contribution is -2.52. The van der Waals surface area contributed by atoms with Gasteiger partial charge in [0.15, 0.2) is 5.65 Å². The summed E-state index contributed by atoms with van der Waals surface area (Å²) in [5, 5.41) is 11.8. The van der Waals surface area contributed by atoms with Crippen LogP contribution in [0.25, 0.3) is 27.8 Å². The van der Waals surface area contributed by atoms with E-state index in [4.69, 9.17) is 4.98 Å². The molecular formula is C22H27N9. The van der Waals surface area contributed by atoms with Gasteiger partial charge in [0, 0.05) is 62.6 Å². The molecule has 0 aliphatic carbocycles. The van der Waals surface area contributed by atoms with Gasteiger partial charge in [-0.3, -0.25) is 15.0 Å². The molecule has 4 aromatic rings. The topological polar surface area (TPSA) is 81.5 Å². The minimum absolute atomic E-state index is 0.710. The van der Waals surface area contributed by atoms with Crippen molar-refractivity contribution in [3.63, 3.8) is 0 Å². The van der Waals surface area contributed by atoms with E-state index in [-0.39, 0.29) is 0 Å². The van der Waals surface area contributed by atoms with Crippen LogP contribution in [0.3, 0.4) is 0 Å². The van der Waals surface area contributed by atoms with Gasteiger partial charge in [0.25, 0.3) is 0 Å². The molecule has 2 aliphatic rings. The molecule has 6 rings (SSSR count). The Morgan fingerprint density at radius 2 is 1.77 bits per heavy atom. The number of piperazine rings is 1. The van der Waals surface area contributed by atoms with Crippen molar-refractivity contribution < 1.29 is 0 Å². The van der Waals surface area contributed by atoms with E-state index >= 15 is 0 Å². The third kappa shape index (κ3) is 3.34. The Morgan fingerprint density at radius 3 is 2.61 bits per heavy atom. The first-order chi connectivity index (χ1) is 15.3. The second-order valence-corrected chi connectivity index (χ2v) is 8.68. The molecule has 9 heteroatoms. The van der Waals surface area contributed by atoms with E-state index in [0.29, 0.717) is 6.04 Å². The second-order valence-electron chi connectivity index (χ2n) is 8.68. The van der Waals surface area contributed by atoms with Gasteiger partial charge in [-0.2, -0.15) is 10.2 Å². The first-order valence-electron chi connectivity index (χ1n) is 11.1. The number of hydrogen-bond acceptors (Lipinski definition) is 7. The number of fused-ring (bicyclic) bond motifs is 2. The summed E-state index contributed by atoms with van der Waals surface area (Å²) < 4.78 is 1.89. The molecule has 9 nitrogen and oxygen atoms in total. The van der Waals surface area contributed by atoms with Crippen LogP contribution >= 0.6 is 0 Å². The zero-order valence-electron chi connectivity index (χ0n) is 17.8. The summed E-state index contributed by atoms with van der Waals surface area (Å²) in [4.78, 5) is 16.7. The van der Waals surface area contributed by atoms with Gasteiger partial charge >= 0.3 is 0 Å². The fourth-order valence-electron chi connectivity index (χ4n) is 4.97. The van der Waals surface area contributed by atoms with Crippen LogP contribution in [0.2, 0.25) is 0 Å². The summed E-state index contributed by atoms with van der Waals surface area (Å²) in [6, 6.07) is 2.69. The van der Waals surface area contributed by atoms with Crippen LogP contribution in [0.1, 0.15) is 12.8 Å². The van der Waals surface area contributed by atoms with Crippen molar-refractivity contribution in [1.29, 1.82) is 0 Å². The number of aromatic amines is 1. The molecule has 2 fully saturated rings. The fourth-order valence-corrected chi connectivity index (χ4v) is 4.97. The molecule has 1 N–H and O–H groups in total. The van der Waals surface area contributed by atoms with Crippen LogP contribution in [-0.2, 0) is 0 Å². The molecule has 2 saturated heterocycles. The average Bonchev–Trinajstić information content (AvgIpc) is 3.46. The minimum Gasteiger partial charge on any atom is -0.369 e. The first kappa shape index (κ1) is 18.7. The molecule has 160 valence electrons. The first-order valence-corrected chi connectivity index (χ1v) is 11.1. The Morgan fingerprint density at radius 1 is 0.935 bits per heavy atom. The summed E-state index contributed by atoms with van der Waals surface area (Å²) in [5.74, 6) is 0. The van der Waals surface area contributed by atoms with Crippen molar-refractivity contribution in [2.75, 3.05) is 51.2 Å².